The van der Waals surface area contributed by atoms with Crippen LogP contribution in [0.25, 0.3) is 0 Å². The van der Waals surface area contributed by atoms with Crippen LogP contribution in [0.2, 0.25) is 0 Å². The molecule has 0 spiro atoms. The lowest BCUT2D eigenvalue weighted by Crippen LogP contribution is -2.21. The first-order valence-corrected chi connectivity index (χ1v) is 15.2. The van der Waals surface area contributed by atoms with Gasteiger partial charge in [-0.2, -0.15) is 0 Å². The fraction of sp³-hybridized carbons (Fsp3) is 0.694. The molecule has 2 aliphatic carbocycles. The third kappa shape index (κ3) is 12.7. The second-order valence-electron chi connectivity index (χ2n) is 13.2. The van der Waals surface area contributed by atoms with E-state index in [2.05, 4.69) is 57.9 Å². The second kappa shape index (κ2) is 18.1. The molecule has 0 aromatic rings. The summed E-state index contributed by atoms with van der Waals surface area (Å²) < 4.78 is 9.17. The maximum atomic E-state index is 11.5. The molecule has 0 aromatic carbocycles. The fourth-order valence-electron chi connectivity index (χ4n) is 6.30. The number of methoxy groups -OCH3 is 2. The predicted molar refractivity (Wildman–Crippen MR) is 173 cm³/mol. The SMILES string of the molecule is C.COC(=O)/C(=C\C(C)CCC1=C(C)CCCC1(C)C)C(=O)O.COC(=O)C/C=C(\C)CCC1=C(C)CCCC1(C)C. The molecule has 6 heteroatoms. The van der Waals surface area contributed by atoms with Crippen LogP contribution in [0, 0.1) is 16.7 Å². The maximum absolute atomic E-state index is 11.5. The number of rotatable bonds is 11. The zero-order valence-corrected chi connectivity index (χ0v) is 27.5. The van der Waals surface area contributed by atoms with Crippen molar-refractivity contribution in [2.45, 2.75) is 133 Å². The minimum atomic E-state index is -1.23. The molecule has 0 aromatic heterocycles. The summed E-state index contributed by atoms with van der Waals surface area (Å²) in [5.74, 6) is -2.16. The zero-order valence-electron chi connectivity index (χ0n) is 27.5. The zero-order chi connectivity index (χ0) is 31.4. The average molecular weight is 589 g/mol. The Bertz CT molecular complexity index is 1050. The predicted octanol–water partition coefficient (Wildman–Crippen LogP) is 9.55. The first kappa shape index (κ1) is 39.4. The number of carboxylic acid groups (broad SMARTS) is 1. The number of allylic oxidation sites excluding steroid dienone is 6. The third-order valence-electron chi connectivity index (χ3n) is 8.92. The van der Waals surface area contributed by atoms with Gasteiger partial charge in [-0.05, 0) is 102 Å². The Hall–Kier alpha value is -2.63. The van der Waals surface area contributed by atoms with E-state index in [0.717, 1.165) is 32.1 Å². The van der Waals surface area contributed by atoms with Crippen LogP contribution >= 0.6 is 0 Å². The molecule has 0 heterocycles. The molecule has 0 aliphatic heterocycles. The molecular formula is C36H60O6. The summed E-state index contributed by atoms with van der Waals surface area (Å²) in [7, 11) is 2.63. The van der Waals surface area contributed by atoms with E-state index < -0.39 is 11.9 Å². The maximum Gasteiger partial charge on any atom is 0.344 e. The Labute approximate surface area is 256 Å². The molecule has 0 saturated heterocycles. The van der Waals surface area contributed by atoms with Crippen LogP contribution in [0.3, 0.4) is 0 Å². The monoisotopic (exact) mass is 588 g/mol. The van der Waals surface area contributed by atoms with Crippen molar-refractivity contribution < 1.29 is 29.0 Å². The number of aliphatic carboxylic acids is 1. The number of carbonyl (C=O) groups excluding carboxylic acids is 2. The van der Waals surface area contributed by atoms with Crippen molar-refractivity contribution in [1.29, 1.82) is 0 Å². The smallest absolute Gasteiger partial charge is 0.344 e. The van der Waals surface area contributed by atoms with E-state index in [1.54, 1.807) is 11.1 Å². The highest BCUT2D eigenvalue weighted by molar-refractivity contribution is 6.13. The first-order valence-electron chi connectivity index (χ1n) is 15.2. The number of hydrogen-bond donors (Lipinski definition) is 1. The Morgan fingerprint density at radius 3 is 1.83 bits per heavy atom. The van der Waals surface area contributed by atoms with Crippen LogP contribution in [-0.2, 0) is 23.9 Å². The van der Waals surface area contributed by atoms with Crippen molar-refractivity contribution in [1.82, 2.24) is 0 Å². The van der Waals surface area contributed by atoms with E-state index >= 15 is 0 Å². The molecule has 42 heavy (non-hydrogen) atoms. The van der Waals surface area contributed by atoms with Crippen molar-refractivity contribution in [2.75, 3.05) is 14.2 Å². The molecule has 0 fully saturated rings. The lowest BCUT2D eigenvalue weighted by atomic mass is 9.71. The van der Waals surface area contributed by atoms with Crippen LogP contribution < -0.4 is 0 Å². The molecular weight excluding hydrogens is 528 g/mol. The van der Waals surface area contributed by atoms with E-state index in [0.29, 0.717) is 11.8 Å². The van der Waals surface area contributed by atoms with Crippen LogP contribution in [0.4, 0.5) is 0 Å². The van der Waals surface area contributed by atoms with E-state index in [9.17, 15) is 14.4 Å². The summed E-state index contributed by atoms with van der Waals surface area (Å²) in [5.41, 5.74) is 7.76. The molecule has 2 rings (SSSR count). The Morgan fingerprint density at radius 1 is 0.905 bits per heavy atom. The highest BCUT2D eigenvalue weighted by atomic mass is 16.5. The van der Waals surface area contributed by atoms with Gasteiger partial charge in [-0.25, -0.2) is 9.59 Å². The number of hydrogen-bond acceptors (Lipinski definition) is 5. The number of carboxylic acids is 1. The summed E-state index contributed by atoms with van der Waals surface area (Å²) >= 11 is 0. The van der Waals surface area contributed by atoms with Gasteiger partial charge in [0.15, 0.2) is 0 Å². The highest BCUT2D eigenvalue weighted by Crippen LogP contribution is 2.43. The Morgan fingerprint density at radius 2 is 1.40 bits per heavy atom. The van der Waals surface area contributed by atoms with Gasteiger partial charge in [0.25, 0.3) is 0 Å². The van der Waals surface area contributed by atoms with E-state index in [1.165, 1.54) is 69.1 Å². The van der Waals surface area contributed by atoms with Crippen molar-refractivity contribution in [3.63, 3.8) is 0 Å². The van der Waals surface area contributed by atoms with Crippen molar-refractivity contribution in [3.05, 3.63) is 45.6 Å². The number of esters is 2. The molecule has 1 atom stereocenters. The van der Waals surface area contributed by atoms with Gasteiger partial charge in [0.2, 0.25) is 0 Å². The van der Waals surface area contributed by atoms with Crippen LogP contribution in [-0.4, -0.2) is 37.2 Å². The molecule has 6 nitrogen and oxygen atoms in total. The Balaban J connectivity index is 0.000000790. The molecule has 0 radical (unpaired) electrons. The van der Waals surface area contributed by atoms with Gasteiger partial charge in [-0.1, -0.05) is 82.1 Å². The minimum Gasteiger partial charge on any atom is -0.477 e. The molecule has 240 valence electrons. The van der Waals surface area contributed by atoms with Crippen LogP contribution in [0.1, 0.15) is 133 Å². The minimum absolute atomic E-state index is 0. The largest absolute Gasteiger partial charge is 0.477 e. The van der Waals surface area contributed by atoms with E-state index in [4.69, 9.17) is 5.11 Å². The second-order valence-corrected chi connectivity index (χ2v) is 13.2. The van der Waals surface area contributed by atoms with Gasteiger partial charge < -0.3 is 14.6 Å². The van der Waals surface area contributed by atoms with Crippen molar-refractivity contribution in [3.8, 4) is 0 Å². The van der Waals surface area contributed by atoms with Gasteiger partial charge in [-0.3, -0.25) is 4.79 Å². The summed E-state index contributed by atoms with van der Waals surface area (Å²) in [6.07, 6.45) is 15.3. The average Bonchev–Trinajstić information content (AvgIpc) is 2.88. The number of ether oxygens (including phenoxy) is 2. The van der Waals surface area contributed by atoms with Gasteiger partial charge in [0, 0.05) is 0 Å². The number of carbonyl (C=O) groups is 3. The van der Waals surface area contributed by atoms with Gasteiger partial charge in [-0.15, -0.1) is 0 Å². The molecule has 0 bridgehead atoms. The molecule has 0 saturated carbocycles. The molecule has 2 aliphatic rings. The van der Waals surface area contributed by atoms with Gasteiger partial charge in [0.05, 0.1) is 20.6 Å². The van der Waals surface area contributed by atoms with Crippen molar-refractivity contribution >= 4 is 17.9 Å². The van der Waals surface area contributed by atoms with Crippen LogP contribution in [0.15, 0.2) is 45.6 Å². The summed E-state index contributed by atoms with van der Waals surface area (Å²) in [6.45, 7) is 17.8. The highest BCUT2D eigenvalue weighted by Gasteiger charge is 2.29. The quantitative estimate of drug-likeness (QED) is 0.0850. The first-order chi connectivity index (χ1) is 19.0. The topological polar surface area (TPSA) is 89.9 Å². The van der Waals surface area contributed by atoms with Gasteiger partial charge >= 0.3 is 17.9 Å². The summed E-state index contributed by atoms with van der Waals surface area (Å²) in [6, 6.07) is 0. The van der Waals surface area contributed by atoms with E-state index in [1.807, 2.05) is 13.0 Å². The van der Waals surface area contributed by atoms with Gasteiger partial charge in [0.1, 0.15) is 5.57 Å². The summed E-state index contributed by atoms with van der Waals surface area (Å²) in [5, 5.41) is 9.09. The molecule has 0 amide bonds. The van der Waals surface area contributed by atoms with Crippen molar-refractivity contribution in [2.24, 2.45) is 16.7 Å². The summed E-state index contributed by atoms with van der Waals surface area (Å²) in [4.78, 5) is 33.7. The lowest BCUT2D eigenvalue weighted by Gasteiger charge is -2.35. The molecule has 1 N–H and O–H groups in total. The van der Waals surface area contributed by atoms with Crippen LogP contribution in [0.5, 0.6) is 0 Å². The lowest BCUT2D eigenvalue weighted by molar-refractivity contribution is -0.142. The fourth-order valence-corrected chi connectivity index (χ4v) is 6.30. The normalized spacial score (nSPS) is 19.2. The standard InChI is InChI=1S/C18H28O4.C17H28O2.CH4/c1-12(11-14(16(19)20)17(21)22-5)8-9-15-13(2)7-6-10-18(15,3)4;1-13(9-11-16(18)19-5)8-10-15-14(2)7-6-12-17(15,3)4;/h11-12H,6-10H2,1-5H3,(H,19,20);9H,6-8,10-12H2,1-5H3;1H4/b14-11-;13-9+;. The Kier molecular flexibility index (Phi) is 17.0. The van der Waals surface area contributed by atoms with E-state index in [-0.39, 0.29) is 30.3 Å². The third-order valence-corrected chi connectivity index (χ3v) is 8.92. The molecule has 1 unspecified atom stereocenters.